The molecule has 5 N–H and O–H groups in total. The molecule has 1 aliphatic rings. The first-order valence-electron chi connectivity index (χ1n) is 12.7. The van der Waals surface area contributed by atoms with Crippen LogP contribution in [0.25, 0.3) is 0 Å². The number of methoxy groups -OCH3 is 2. The topological polar surface area (TPSA) is 124 Å². The Morgan fingerprint density at radius 1 is 1.26 bits per heavy atom. The molecular formula is C28H36FN7O3. The van der Waals surface area contributed by atoms with Gasteiger partial charge < -0.3 is 25.4 Å². The number of fused-ring (bicyclic) bond motifs is 1. The first-order valence-corrected chi connectivity index (χ1v) is 12.7. The van der Waals surface area contributed by atoms with E-state index in [1.54, 1.807) is 31.0 Å². The molecule has 10 nitrogen and oxygen atoms in total. The van der Waals surface area contributed by atoms with Crippen molar-refractivity contribution < 1.29 is 18.7 Å². The first-order chi connectivity index (χ1) is 18.7. The molecule has 4 rings (SSSR count). The third kappa shape index (κ3) is 6.56. The number of halogens is 1. The van der Waals surface area contributed by atoms with Crippen molar-refractivity contribution in [2.75, 3.05) is 32.8 Å². The van der Waals surface area contributed by atoms with Crippen molar-refractivity contribution in [1.29, 1.82) is 0 Å². The van der Waals surface area contributed by atoms with E-state index in [1.807, 2.05) is 0 Å². The number of hydrogen-bond acceptors (Lipinski definition) is 8. The highest BCUT2D eigenvalue weighted by Crippen LogP contribution is 2.29. The summed E-state index contributed by atoms with van der Waals surface area (Å²) in [6.45, 7) is 4.15. The molecule has 2 heterocycles. The van der Waals surface area contributed by atoms with Gasteiger partial charge in [-0.3, -0.25) is 14.5 Å². The number of aromatic nitrogens is 2. The number of benzene rings is 2. The zero-order valence-corrected chi connectivity index (χ0v) is 22.8. The number of anilines is 1. The summed E-state index contributed by atoms with van der Waals surface area (Å²) in [5.41, 5.74) is 11.3. The van der Waals surface area contributed by atoms with E-state index in [0.717, 1.165) is 25.1 Å². The fourth-order valence-corrected chi connectivity index (χ4v) is 4.72. The van der Waals surface area contributed by atoms with Gasteiger partial charge in [-0.25, -0.2) is 10.2 Å². The summed E-state index contributed by atoms with van der Waals surface area (Å²) in [6.07, 6.45) is 4.19. The number of allylic oxidation sites excluding steroid dienone is 1. The van der Waals surface area contributed by atoms with E-state index in [1.165, 1.54) is 35.5 Å². The normalized spacial score (nSPS) is 13.7. The Hall–Kier alpha value is -3.93. The lowest BCUT2D eigenvalue weighted by Crippen LogP contribution is -2.30. The molecule has 0 radical (unpaired) electrons. The zero-order chi connectivity index (χ0) is 28.1. The molecule has 0 saturated heterocycles. The average Bonchev–Trinajstić information content (AvgIpc) is 3.29. The van der Waals surface area contributed by atoms with Gasteiger partial charge in [0.1, 0.15) is 5.69 Å². The molecule has 1 aromatic heterocycles. The van der Waals surface area contributed by atoms with Crippen molar-refractivity contribution in [1.82, 2.24) is 20.0 Å². The number of ether oxygens (including phenoxy) is 2. The highest BCUT2D eigenvalue weighted by molar-refractivity contribution is 5.95. The van der Waals surface area contributed by atoms with Crippen LogP contribution in [0.3, 0.4) is 0 Å². The van der Waals surface area contributed by atoms with Crippen molar-refractivity contribution in [2.45, 2.75) is 39.6 Å². The van der Waals surface area contributed by atoms with Crippen LogP contribution >= 0.6 is 0 Å². The molecular weight excluding hydrogens is 501 g/mol. The van der Waals surface area contributed by atoms with Crippen molar-refractivity contribution in [3.8, 4) is 5.75 Å². The molecule has 1 amide bonds. The minimum absolute atomic E-state index is 0.0361. The summed E-state index contributed by atoms with van der Waals surface area (Å²) in [6, 6.07) is 9.55. The monoisotopic (exact) mass is 537 g/mol. The van der Waals surface area contributed by atoms with Crippen LogP contribution in [0.5, 0.6) is 5.75 Å². The van der Waals surface area contributed by atoms with Gasteiger partial charge in [0.25, 0.3) is 5.91 Å². The van der Waals surface area contributed by atoms with Crippen LogP contribution in [0, 0.1) is 5.82 Å². The fourth-order valence-electron chi connectivity index (χ4n) is 4.72. The molecule has 0 fully saturated rings. The SMILES string of the molecule is COCc1nn(Cc2ccc3c(c2)CN(C)CC3)cc1C(=O)NCc1c(N(N)/C=C(/C)N)ccc(OC)c1F. The largest absolute Gasteiger partial charge is 0.494 e. The van der Waals surface area contributed by atoms with Gasteiger partial charge in [-0.1, -0.05) is 18.2 Å². The van der Waals surface area contributed by atoms with E-state index in [-0.39, 0.29) is 24.5 Å². The van der Waals surface area contributed by atoms with E-state index in [9.17, 15) is 4.79 Å². The molecule has 0 aliphatic carbocycles. The predicted octanol–water partition coefficient (Wildman–Crippen LogP) is 2.64. The Bertz CT molecular complexity index is 1370. The number of amides is 1. The Morgan fingerprint density at radius 2 is 2.05 bits per heavy atom. The Morgan fingerprint density at radius 3 is 2.77 bits per heavy atom. The molecule has 0 spiro atoms. The van der Waals surface area contributed by atoms with Crippen LogP contribution in [0.15, 0.2) is 48.4 Å². The smallest absolute Gasteiger partial charge is 0.255 e. The lowest BCUT2D eigenvalue weighted by atomic mass is 9.98. The van der Waals surface area contributed by atoms with Crippen LogP contribution in [0.2, 0.25) is 0 Å². The summed E-state index contributed by atoms with van der Waals surface area (Å²) in [7, 11) is 5.03. The van der Waals surface area contributed by atoms with E-state index in [4.69, 9.17) is 21.1 Å². The summed E-state index contributed by atoms with van der Waals surface area (Å²) >= 11 is 0. The highest BCUT2D eigenvalue weighted by atomic mass is 19.1. The molecule has 2 aromatic carbocycles. The third-order valence-electron chi connectivity index (χ3n) is 6.63. The van der Waals surface area contributed by atoms with Crippen molar-refractivity contribution in [3.05, 3.63) is 87.8 Å². The van der Waals surface area contributed by atoms with Crippen LogP contribution in [-0.4, -0.2) is 48.4 Å². The van der Waals surface area contributed by atoms with Crippen molar-refractivity contribution >= 4 is 11.6 Å². The Kier molecular flexibility index (Phi) is 8.85. The van der Waals surface area contributed by atoms with E-state index >= 15 is 4.39 Å². The van der Waals surface area contributed by atoms with Crippen molar-refractivity contribution in [3.63, 3.8) is 0 Å². The minimum Gasteiger partial charge on any atom is -0.494 e. The van der Waals surface area contributed by atoms with Crippen LogP contribution < -0.4 is 26.6 Å². The van der Waals surface area contributed by atoms with E-state index in [0.29, 0.717) is 29.2 Å². The summed E-state index contributed by atoms with van der Waals surface area (Å²) in [5.74, 6) is 5.09. The second-order valence-electron chi connectivity index (χ2n) is 9.75. The zero-order valence-electron chi connectivity index (χ0n) is 22.8. The maximum atomic E-state index is 15.2. The molecule has 208 valence electrons. The van der Waals surface area contributed by atoms with Gasteiger partial charge >= 0.3 is 0 Å². The van der Waals surface area contributed by atoms with Crippen LogP contribution in [0.1, 0.15) is 45.2 Å². The quantitative estimate of drug-likeness (QED) is 0.266. The van der Waals surface area contributed by atoms with E-state index < -0.39 is 11.7 Å². The first kappa shape index (κ1) is 28.1. The van der Waals surface area contributed by atoms with Crippen LogP contribution in [-0.2, 0) is 37.4 Å². The van der Waals surface area contributed by atoms with Gasteiger partial charge in [0.05, 0.1) is 31.5 Å². The van der Waals surface area contributed by atoms with Gasteiger partial charge in [0, 0.05) is 50.4 Å². The lowest BCUT2D eigenvalue weighted by Gasteiger charge is -2.25. The maximum Gasteiger partial charge on any atom is 0.255 e. The van der Waals surface area contributed by atoms with Gasteiger partial charge in [-0.2, -0.15) is 5.10 Å². The second-order valence-corrected chi connectivity index (χ2v) is 9.75. The van der Waals surface area contributed by atoms with Gasteiger partial charge in [0.2, 0.25) is 0 Å². The standard InChI is InChI=1S/C28H36FN7O3/c1-18(30)13-36(31)25-7-8-26(39-4)27(29)22(25)12-32-28(37)23-16-35(33-24(23)17-38-3)14-19-5-6-20-9-10-34(2)15-21(20)11-19/h5-8,11,13,16H,9-10,12,14-15,17,30-31H2,1-4H3,(H,32,37)/b18-13-. The minimum atomic E-state index is -0.625. The number of likely N-dealkylation sites (N-methyl/N-ethyl adjacent to an activating group) is 1. The number of rotatable bonds is 10. The van der Waals surface area contributed by atoms with Crippen LogP contribution in [0.4, 0.5) is 10.1 Å². The fraction of sp³-hybridized carbons (Fsp3) is 0.357. The number of carbonyl (C=O) groups excluding carboxylic acids is 1. The highest BCUT2D eigenvalue weighted by Gasteiger charge is 2.21. The summed E-state index contributed by atoms with van der Waals surface area (Å²) in [4.78, 5) is 15.6. The summed E-state index contributed by atoms with van der Waals surface area (Å²) in [5, 5.41) is 8.61. The molecule has 0 bridgehead atoms. The number of hydrazine groups is 1. The summed E-state index contributed by atoms with van der Waals surface area (Å²) < 4.78 is 27.4. The Balaban J connectivity index is 1.55. The molecule has 0 unspecified atom stereocenters. The number of nitrogens with zero attached hydrogens (tertiary/aromatic N) is 4. The number of carbonyl (C=O) groups is 1. The Labute approximate surface area is 227 Å². The molecule has 0 saturated carbocycles. The number of nitrogens with two attached hydrogens (primary N) is 2. The van der Waals surface area contributed by atoms with Gasteiger partial charge in [-0.05, 0) is 49.2 Å². The van der Waals surface area contributed by atoms with E-state index in [2.05, 4.69) is 40.6 Å². The lowest BCUT2D eigenvalue weighted by molar-refractivity contribution is 0.0945. The molecule has 39 heavy (non-hydrogen) atoms. The van der Waals surface area contributed by atoms with Crippen molar-refractivity contribution in [2.24, 2.45) is 11.6 Å². The maximum absolute atomic E-state index is 15.2. The molecule has 0 atom stereocenters. The molecule has 11 heteroatoms. The van der Waals surface area contributed by atoms with Gasteiger partial charge in [-0.15, -0.1) is 0 Å². The molecule has 1 aliphatic heterocycles. The third-order valence-corrected chi connectivity index (χ3v) is 6.63. The predicted molar refractivity (Wildman–Crippen MR) is 147 cm³/mol. The number of nitrogens with one attached hydrogen (secondary N) is 1. The molecule has 3 aromatic rings. The number of hydrogen-bond donors (Lipinski definition) is 3. The van der Waals surface area contributed by atoms with Gasteiger partial charge in [0.15, 0.2) is 11.6 Å². The average molecular weight is 538 g/mol. The second kappa shape index (κ2) is 12.3.